The maximum absolute atomic E-state index is 10.5. The maximum Gasteiger partial charge on any atom is 0.306 e. The van der Waals surface area contributed by atoms with Gasteiger partial charge in [-0.25, -0.2) is 0 Å². The molecule has 1 aromatic heterocycles. The molecule has 1 aromatic rings. The van der Waals surface area contributed by atoms with Gasteiger partial charge in [-0.2, -0.15) is 5.10 Å². The molecule has 0 radical (unpaired) electrons. The molecule has 1 N–H and O–H groups in total. The van der Waals surface area contributed by atoms with Crippen molar-refractivity contribution in [2.24, 2.45) is 0 Å². The molecule has 1 unspecified atom stereocenters. The fraction of sp³-hybridized carbons (Fsp3) is 0.727. The maximum atomic E-state index is 10.5. The predicted octanol–water partition coefficient (Wildman–Crippen LogP) is -0.600. The van der Waals surface area contributed by atoms with Crippen LogP contribution in [0.2, 0.25) is 0 Å². The molecule has 1 atom stereocenters. The van der Waals surface area contributed by atoms with Crippen molar-refractivity contribution in [2.45, 2.75) is 12.6 Å². The summed E-state index contributed by atoms with van der Waals surface area (Å²) in [5.74, 6) is 0. The Morgan fingerprint density at radius 3 is 2.68 bits per heavy atom. The summed E-state index contributed by atoms with van der Waals surface area (Å²) in [4.78, 5) is 14.5. The van der Waals surface area contributed by atoms with Crippen molar-refractivity contribution >= 4 is 5.69 Å². The van der Waals surface area contributed by atoms with Gasteiger partial charge in [0.1, 0.15) is 12.4 Å². The molecule has 106 valence electrons. The average Bonchev–Trinajstić information content (AvgIpc) is 2.80. The van der Waals surface area contributed by atoms with Crippen LogP contribution in [0.5, 0.6) is 0 Å². The number of aliphatic hydroxyl groups excluding tert-OH is 1. The molecule has 1 aliphatic heterocycles. The van der Waals surface area contributed by atoms with Gasteiger partial charge in [-0.05, 0) is 7.05 Å². The molecule has 0 bridgehead atoms. The number of rotatable bonds is 5. The summed E-state index contributed by atoms with van der Waals surface area (Å²) in [6, 6.07) is 0. The van der Waals surface area contributed by atoms with Crippen LogP contribution in [0.25, 0.3) is 0 Å². The molecule has 0 aromatic carbocycles. The summed E-state index contributed by atoms with van der Waals surface area (Å²) in [6.07, 6.45) is 1.97. The summed E-state index contributed by atoms with van der Waals surface area (Å²) < 4.78 is 1.42. The molecule has 0 spiro atoms. The van der Waals surface area contributed by atoms with E-state index in [-0.39, 0.29) is 12.2 Å². The molecule has 2 rings (SSSR count). The molecule has 1 saturated heterocycles. The summed E-state index contributed by atoms with van der Waals surface area (Å²) in [6.45, 7) is 4.72. The third kappa shape index (κ3) is 3.98. The van der Waals surface area contributed by atoms with Gasteiger partial charge in [0.15, 0.2) is 0 Å². The first-order valence-electron chi connectivity index (χ1n) is 6.30. The van der Waals surface area contributed by atoms with Crippen LogP contribution in [0.3, 0.4) is 0 Å². The smallest absolute Gasteiger partial charge is 0.306 e. The third-order valence-corrected chi connectivity index (χ3v) is 3.29. The quantitative estimate of drug-likeness (QED) is 0.567. The number of piperazine rings is 1. The zero-order chi connectivity index (χ0) is 13.8. The third-order valence-electron chi connectivity index (χ3n) is 3.29. The number of nitro groups is 1. The summed E-state index contributed by atoms with van der Waals surface area (Å²) in [7, 11) is 2.08. The van der Waals surface area contributed by atoms with Crippen LogP contribution >= 0.6 is 0 Å². The number of nitrogens with zero attached hydrogens (tertiary/aromatic N) is 5. The first-order valence-corrected chi connectivity index (χ1v) is 6.30. The first kappa shape index (κ1) is 13.9. The van der Waals surface area contributed by atoms with E-state index in [0.29, 0.717) is 6.54 Å². The highest BCUT2D eigenvalue weighted by Crippen LogP contribution is 2.09. The van der Waals surface area contributed by atoms with E-state index in [2.05, 4.69) is 21.9 Å². The molecule has 8 nitrogen and oxygen atoms in total. The second-order valence-electron chi connectivity index (χ2n) is 4.94. The number of β-amino-alcohol motifs (C(OH)–C–C–N with tert-alkyl or cyclic N) is 1. The van der Waals surface area contributed by atoms with Gasteiger partial charge in [0, 0.05) is 32.7 Å². The predicted molar refractivity (Wildman–Crippen MR) is 68.8 cm³/mol. The Hall–Kier alpha value is -1.51. The second-order valence-corrected chi connectivity index (χ2v) is 4.94. The van der Waals surface area contributed by atoms with Crippen molar-refractivity contribution in [1.29, 1.82) is 0 Å². The minimum absolute atomic E-state index is 0.0493. The van der Waals surface area contributed by atoms with Crippen LogP contribution in [-0.4, -0.2) is 75.5 Å². The Kier molecular flexibility index (Phi) is 4.46. The van der Waals surface area contributed by atoms with E-state index >= 15 is 0 Å². The fourth-order valence-electron chi connectivity index (χ4n) is 2.15. The van der Waals surface area contributed by atoms with E-state index in [1.807, 2.05) is 0 Å². The normalized spacial score (nSPS) is 19.5. The first-order chi connectivity index (χ1) is 9.04. The standard InChI is InChI=1S/C11H19N5O3/c1-13-2-4-14(5-3-13)8-11(17)9-15-7-10(6-12-15)16(18)19/h6-7,11,17H,2-5,8-9H2,1H3. The highest BCUT2D eigenvalue weighted by molar-refractivity contribution is 5.20. The minimum Gasteiger partial charge on any atom is -0.390 e. The highest BCUT2D eigenvalue weighted by Gasteiger charge is 2.18. The van der Waals surface area contributed by atoms with Gasteiger partial charge in [0.05, 0.1) is 17.6 Å². The van der Waals surface area contributed by atoms with Crippen molar-refractivity contribution in [3.05, 3.63) is 22.5 Å². The van der Waals surface area contributed by atoms with Gasteiger partial charge < -0.3 is 10.0 Å². The Balaban J connectivity index is 1.80. The van der Waals surface area contributed by atoms with E-state index < -0.39 is 11.0 Å². The van der Waals surface area contributed by atoms with Gasteiger partial charge in [-0.3, -0.25) is 19.7 Å². The Morgan fingerprint density at radius 1 is 1.42 bits per heavy atom. The zero-order valence-electron chi connectivity index (χ0n) is 11.0. The highest BCUT2D eigenvalue weighted by atomic mass is 16.6. The number of hydrogen-bond acceptors (Lipinski definition) is 6. The SMILES string of the molecule is CN1CCN(CC(O)Cn2cc([N+](=O)[O-])cn2)CC1. The lowest BCUT2D eigenvalue weighted by Gasteiger charge is -2.33. The molecule has 2 heterocycles. The van der Waals surface area contributed by atoms with Gasteiger partial charge in [-0.15, -0.1) is 0 Å². The number of likely N-dealkylation sites (N-methyl/N-ethyl adjacent to an activating group) is 1. The molecule has 1 aliphatic rings. The molecule has 0 amide bonds. The molecule has 1 fully saturated rings. The number of aromatic nitrogens is 2. The van der Waals surface area contributed by atoms with Crippen LogP contribution in [0, 0.1) is 10.1 Å². The topological polar surface area (TPSA) is 87.7 Å². The lowest BCUT2D eigenvalue weighted by molar-refractivity contribution is -0.385. The van der Waals surface area contributed by atoms with Gasteiger partial charge >= 0.3 is 5.69 Å². The molecule has 19 heavy (non-hydrogen) atoms. The van der Waals surface area contributed by atoms with E-state index in [4.69, 9.17) is 0 Å². The lowest BCUT2D eigenvalue weighted by Crippen LogP contribution is -2.47. The molecule has 0 saturated carbocycles. The van der Waals surface area contributed by atoms with Crippen molar-refractivity contribution in [3.63, 3.8) is 0 Å². The van der Waals surface area contributed by atoms with E-state index in [9.17, 15) is 15.2 Å². The Labute approximate surface area is 111 Å². The largest absolute Gasteiger partial charge is 0.390 e. The summed E-state index contributed by atoms with van der Waals surface area (Å²) in [5, 5.41) is 24.4. The van der Waals surface area contributed by atoms with Crippen LogP contribution in [0.4, 0.5) is 5.69 Å². The zero-order valence-corrected chi connectivity index (χ0v) is 11.0. The summed E-state index contributed by atoms with van der Waals surface area (Å²) >= 11 is 0. The minimum atomic E-state index is -0.567. The molecule has 0 aliphatic carbocycles. The second kappa shape index (κ2) is 6.09. The summed E-state index contributed by atoms with van der Waals surface area (Å²) in [5.41, 5.74) is -0.0493. The van der Waals surface area contributed by atoms with Crippen LogP contribution in [-0.2, 0) is 6.54 Å². The van der Waals surface area contributed by atoms with Crippen LogP contribution in [0.15, 0.2) is 12.4 Å². The van der Waals surface area contributed by atoms with Gasteiger partial charge in [0.2, 0.25) is 0 Å². The van der Waals surface area contributed by atoms with Crippen molar-refractivity contribution in [3.8, 4) is 0 Å². The van der Waals surface area contributed by atoms with Crippen molar-refractivity contribution in [1.82, 2.24) is 19.6 Å². The van der Waals surface area contributed by atoms with Crippen molar-refractivity contribution in [2.75, 3.05) is 39.8 Å². The molecular formula is C11H19N5O3. The van der Waals surface area contributed by atoms with E-state index in [0.717, 1.165) is 26.2 Å². The Bertz CT molecular complexity index is 428. The van der Waals surface area contributed by atoms with E-state index in [1.54, 1.807) is 0 Å². The van der Waals surface area contributed by atoms with Gasteiger partial charge in [0.25, 0.3) is 0 Å². The monoisotopic (exact) mass is 269 g/mol. The van der Waals surface area contributed by atoms with Crippen LogP contribution < -0.4 is 0 Å². The van der Waals surface area contributed by atoms with Crippen molar-refractivity contribution < 1.29 is 10.0 Å². The lowest BCUT2D eigenvalue weighted by atomic mass is 10.2. The van der Waals surface area contributed by atoms with Gasteiger partial charge in [-0.1, -0.05) is 0 Å². The molecule has 8 heteroatoms. The van der Waals surface area contributed by atoms with Crippen LogP contribution in [0.1, 0.15) is 0 Å². The molecular weight excluding hydrogens is 250 g/mol. The average molecular weight is 269 g/mol. The number of aliphatic hydroxyl groups is 1. The fourth-order valence-corrected chi connectivity index (χ4v) is 2.15. The van der Waals surface area contributed by atoms with E-state index in [1.165, 1.54) is 17.1 Å². The Morgan fingerprint density at radius 2 is 2.11 bits per heavy atom. The number of hydrogen-bond donors (Lipinski definition) is 1.